The maximum absolute atomic E-state index is 5.92. The molecule has 1 aromatic rings. The van der Waals surface area contributed by atoms with Crippen molar-refractivity contribution in [1.29, 1.82) is 0 Å². The lowest BCUT2D eigenvalue weighted by molar-refractivity contribution is 0.599. The van der Waals surface area contributed by atoms with E-state index in [4.69, 9.17) is 35.4 Å². The van der Waals surface area contributed by atoms with Crippen LogP contribution in [0.25, 0.3) is 0 Å². The average molecular weight is 291 g/mol. The van der Waals surface area contributed by atoms with Crippen LogP contribution >= 0.6 is 35.4 Å². The minimum absolute atomic E-state index is 0.364. The van der Waals surface area contributed by atoms with Crippen LogP contribution in [0.1, 0.15) is 26.7 Å². The average Bonchev–Trinajstić information content (AvgIpc) is 2.23. The highest BCUT2D eigenvalue weighted by Crippen LogP contribution is 2.24. The summed E-state index contributed by atoms with van der Waals surface area (Å²) in [5.41, 5.74) is 0.834. The van der Waals surface area contributed by atoms with Gasteiger partial charge in [-0.3, -0.25) is 0 Å². The van der Waals surface area contributed by atoms with Gasteiger partial charge in [0.15, 0.2) is 5.11 Å². The molecule has 0 aliphatic heterocycles. The highest BCUT2D eigenvalue weighted by molar-refractivity contribution is 7.80. The van der Waals surface area contributed by atoms with Crippen molar-refractivity contribution in [3.05, 3.63) is 28.2 Å². The molecule has 2 nitrogen and oxygen atoms in total. The Morgan fingerprint density at radius 3 is 2.65 bits per heavy atom. The van der Waals surface area contributed by atoms with Gasteiger partial charge in [-0.25, -0.2) is 0 Å². The summed E-state index contributed by atoms with van der Waals surface area (Å²) in [6, 6.07) is 5.70. The van der Waals surface area contributed by atoms with Crippen molar-refractivity contribution in [3.8, 4) is 0 Å². The molecular weight excluding hydrogens is 275 g/mol. The Kier molecular flexibility index (Phi) is 6.03. The van der Waals surface area contributed by atoms with E-state index in [0.29, 0.717) is 21.2 Å². The molecular formula is C12H16Cl2N2S. The van der Waals surface area contributed by atoms with E-state index >= 15 is 0 Å². The minimum Gasteiger partial charge on any atom is -0.360 e. The third kappa shape index (κ3) is 5.11. The standard InChI is InChI=1S/C12H16Cl2N2S/c1-3-4-8(2)15-12(17)16-9-5-6-10(13)11(14)7-9/h5-8H,3-4H2,1-2H3,(H2,15,16,17). The van der Waals surface area contributed by atoms with Gasteiger partial charge in [-0.2, -0.15) is 0 Å². The predicted molar refractivity (Wildman–Crippen MR) is 80.2 cm³/mol. The first-order chi connectivity index (χ1) is 8.02. The smallest absolute Gasteiger partial charge is 0.170 e. The van der Waals surface area contributed by atoms with E-state index in [9.17, 15) is 0 Å². The van der Waals surface area contributed by atoms with Crippen molar-refractivity contribution in [3.63, 3.8) is 0 Å². The number of rotatable bonds is 4. The fraction of sp³-hybridized carbons (Fsp3) is 0.417. The number of thiocarbonyl (C=S) groups is 1. The molecule has 0 saturated heterocycles. The summed E-state index contributed by atoms with van der Waals surface area (Å²) in [6.07, 6.45) is 2.22. The van der Waals surface area contributed by atoms with Crippen LogP contribution in [0.4, 0.5) is 5.69 Å². The molecule has 0 aliphatic rings. The fourth-order valence-corrected chi connectivity index (χ4v) is 2.09. The Labute approximate surface area is 118 Å². The van der Waals surface area contributed by atoms with Crippen LogP contribution in [0.15, 0.2) is 18.2 Å². The van der Waals surface area contributed by atoms with Gasteiger partial charge in [-0.05, 0) is 43.8 Å². The van der Waals surface area contributed by atoms with Gasteiger partial charge >= 0.3 is 0 Å². The molecule has 2 N–H and O–H groups in total. The van der Waals surface area contributed by atoms with Gasteiger partial charge in [0.05, 0.1) is 10.0 Å². The molecule has 0 amide bonds. The van der Waals surface area contributed by atoms with Gasteiger partial charge in [-0.15, -0.1) is 0 Å². The molecule has 0 heterocycles. The molecule has 1 aromatic carbocycles. The summed E-state index contributed by atoms with van der Waals surface area (Å²) in [7, 11) is 0. The molecule has 1 rings (SSSR count). The molecule has 0 spiro atoms. The molecule has 0 aliphatic carbocycles. The Hall–Kier alpha value is -0.510. The first kappa shape index (κ1) is 14.6. The second kappa shape index (κ2) is 7.04. The van der Waals surface area contributed by atoms with E-state index in [1.807, 2.05) is 6.07 Å². The fourth-order valence-electron chi connectivity index (χ4n) is 1.47. The van der Waals surface area contributed by atoms with E-state index in [0.717, 1.165) is 18.5 Å². The van der Waals surface area contributed by atoms with Crippen LogP contribution in [0, 0.1) is 0 Å². The minimum atomic E-state index is 0.364. The Bertz CT molecular complexity index is 396. The molecule has 1 unspecified atom stereocenters. The number of hydrogen-bond acceptors (Lipinski definition) is 1. The Balaban J connectivity index is 2.53. The second-order valence-electron chi connectivity index (χ2n) is 3.92. The van der Waals surface area contributed by atoms with Crippen LogP contribution < -0.4 is 10.6 Å². The SMILES string of the molecule is CCCC(C)NC(=S)Nc1ccc(Cl)c(Cl)c1. The quantitative estimate of drug-likeness (QED) is 0.800. The van der Waals surface area contributed by atoms with E-state index in [-0.39, 0.29) is 0 Å². The molecule has 1 atom stereocenters. The van der Waals surface area contributed by atoms with E-state index < -0.39 is 0 Å². The van der Waals surface area contributed by atoms with Gasteiger partial charge < -0.3 is 10.6 Å². The zero-order valence-electron chi connectivity index (χ0n) is 9.89. The summed E-state index contributed by atoms with van der Waals surface area (Å²) >= 11 is 17.0. The first-order valence-corrected chi connectivity index (χ1v) is 6.72. The maximum Gasteiger partial charge on any atom is 0.170 e. The third-order valence-electron chi connectivity index (χ3n) is 2.28. The van der Waals surface area contributed by atoms with Crippen molar-refractivity contribution < 1.29 is 0 Å². The molecule has 0 bridgehead atoms. The van der Waals surface area contributed by atoms with Crippen molar-refractivity contribution in [2.24, 2.45) is 0 Å². The van der Waals surface area contributed by atoms with Crippen molar-refractivity contribution in [2.45, 2.75) is 32.7 Å². The van der Waals surface area contributed by atoms with E-state index in [2.05, 4.69) is 24.5 Å². The molecule has 17 heavy (non-hydrogen) atoms. The monoisotopic (exact) mass is 290 g/mol. The van der Waals surface area contributed by atoms with Gasteiger partial charge in [0, 0.05) is 11.7 Å². The summed E-state index contributed by atoms with van der Waals surface area (Å²) in [4.78, 5) is 0. The zero-order valence-corrected chi connectivity index (χ0v) is 12.2. The lowest BCUT2D eigenvalue weighted by atomic mass is 10.2. The molecule has 0 radical (unpaired) electrons. The molecule has 94 valence electrons. The van der Waals surface area contributed by atoms with E-state index in [1.54, 1.807) is 12.1 Å². The van der Waals surface area contributed by atoms with Crippen molar-refractivity contribution >= 4 is 46.2 Å². The number of halogens is 2. The lowest BCUT2D eigenvalue weighted by Crippen LogP contribution is -2.35. The number of anilines is 1. The van der Waals surface area contributed by atoms with Crippen LogP contribution in [0.5, 0.6) is 0 Å². The third-order valence-corrected chi connectivity index (χ3v) is 3.24. The molecule has 5 heteroatoms. The van der Waals surface area contributed by atoms with Crippen LogP contribution in [0.2, 0.25) is 10.0 Å². The number of nitrogens with one attached hydrogen (secondary N) is 2. The molecule has 0 fully saturated rings. The van der Waals surface area contributed by atoms with Crippen LogP contribution in [0.3, 0.4) is 0 Å². The lowest BCUT2D eigenvalue weighted by Gasteiger charge is -2.16. The highest BCUT2D eigenvalue weighted by Gasteiger charge is 2.04. The van der Waals surface area contributed by atoms with Crippen molar-refractivity contribution in [2.75, 3.05) is 5.32 Å². The van der Waals surface area contributed by atoms with Gasteiger partial charge in [0.2, 0.25) is 0 Å². The van der Waals surface area contributed by atoms with Crippen LogP contribution in [-0.4, -0.2) is 11.2 Å². The summed E-state index contributed by atoms with van der Waals surface area (Å²) in [5, 5.41) is 7.94. The van der Waals surface area contributed by atoms with Crippen LogP contribution in [-0.2, 0) is 0 Å². The number of hydrogen-bond donors (Lipinski definition) is 2. The molecule has 0 saturated carbocycles. The maximum atomic E-state index is 5.92. The second-order valence-corrected chi connectivity index (χ2v) is 5.14. The Morgan fingerprint density at radius 2 is 2.06 bits per heavy atom. The number of benzene rings is 1. The topological polar surface area (TPSA) is 24.1 Å². The normalized spacial score (nSPS) is 12.0. The predicted octanol–water partition coefficient (Wildman–Crippen LogP) is 4.47. The van der Waals surface area contributed by atoms with Crippen molar-refractivity contribution in [1.82, 2.24) is 5.32 Å². The largest absolute Gasteiger partial charge is 0.360 e. The van der Waals surface area contributed by atoms with Gasteiger partial charge in [0.25, 0.3) is 0 Å². The first-order valence-electron chi connectivity index (χ1n) is 5.55. The summed E-state index contributed by atoms with van der Waals surface area (Å²) in [5.74, 6) is 0. The van der Waals surface area contributed by atoms with E-state index in [1.165, 1.54) is 0 Å². The van der Waals surface area contributed by atoms with Gasteiger partial charge in [-0.1, -0.05) is 36.5 Å². The Morgan fingerprint density at radius 1 is 1.35 bits per heavy atom. The zero-order chi connectivity index (χ0) is 12.8. The summed E-state index contributed by atoms with van der Waals surface area (Å²) in [6.45, 7) is 4.25. The van der Waals surface area contributed by atoms with Gasteiger partial charge in [0.1, 0.15) is 0 Å². The highest BCUT2D eigenvalue weighted by atomic mass is 35.5. The molecule has 0 aromatic heterocycles. The summed E-state index contributed by atoms with van der Waals surface area (Å²) < 4.78 is 0.